The van der Waals surface area contributed by atoms with E-state index in [9.17, 15) is 9.18 Å². The molecule has 0 unspecified atom stereocenters. The number of anilines is 4. The summed E-state index contributed by atoms with van der Waals surface area (Å²) in [6.45, 7) is 0.699. The quantitative estimate of drug-likeness (QED) is 0.432. The molecule has 1 saturated heterocycles. The Balaban J connectivity index is 1.23. The van der Waals surface area contributed by atoms with E-state index in [1.54, 1.807) is 0 Å². The molecule has 10 heteroatoms. The van der Waals surface area contributed by atoms with Crippen LogP contribution in [0.3, 0.4) is 0 Å². The van der Waals surface area contributed by atoms with Crippen LogP contribution in [0.4, 0.5) is 27.8 Å². The van der Waals surface area contributed by atoms with Crippen molar-refractivity contribution < 1.29 is 9.18 Å². The van der Waals surface area contributed by atoms with Crippen molar-refractivity contribution in [3.05, 3.63) is 47.4 Å². The van der Waals surface area contributed by atoms with Crippen molar-refractivity contribution in [2.24, 2.45) is 0 Å². The number of H-pyrrole nitrogens is 1. The van der Waals surface area contributed by atoms with Gasteiger partial charge in [0.2, 0.25) is 23.8 Å². The number of nitrogens with one attached hydrogen (secondary N) is 3. The summed E-state index contributed by atoms with van der Waals surface area (Å²) in [5.41, 5.74) is 3.83. The molecule has 0 spiro atoms. The summed E-state index contributed by atoms with van der Waals surface area (Å²) in [5, 5.41) is 6.28. The lowest BCUT2D eigenvalue weighted by molar-refractivity contribution is -0.117. The molecule has 36 heavy (non-hydrogen) atoms. The maximum atomic E-state index is 13.1. The van der Waals surface area contributed by atoms with E-state index in [1.165, 1.54) is 56.1 Å². The zero-order chi connectivity index (χ0) is 24.5. The third kappa shape index (κ3) is 4.64. The van der Waals surface area contributed by atoms with Crippen LogP contribution in [-0.4, -0.2) is 43.4 Å². The molecule has 3 aromatic heterocycles. The first-order valence-electron chi connectivity index (χ1n) is 13.0. The van der Waals surface area contributed by atoms with Gasteiger partial charge in [-0.2, -0.15) is 9.37 Å². The Kier molecular flexibility index (Phi) is 6.25. The second-order valence-electron chi connectivity index (χ2n) is 10.0. The van der Waals surface area contributed by atoms with Gasteiger partial charge in [0, 0.05) is 23.7 Å². The molecule has 3 aromatic rings. The SMILES string of the molecule is O=C(Nc1ccc(F)nc1)[C@H]1CCCN1c1nc2c(c(Nc3ncc(C4CCCCC4)[nH]3)n1)CCC2. The molecule has 4 heterocycles. The maximum Gasteiger partial charge on any atom is 0.247 e. The number of imidazole rings is 1. The number of carbonyl (C=O) groups excluding carboxylic acids is 1. The average molecular weight is 491 g/mol. The first-order valence-corrected chi connectivity index (χ1v) is 13.0. The molecule has 3 N–H and O–H groups in total. The van der Waals surface area contributed by atoms with Crippen LogP contribution in [-0.2, 0) is 17.6 Å². The van der Waals surface area contributed by atoms with Crippen molar-refractivity contribution in [3.8, 4) is 0 Å². The third-order valence-electron chi connectivity index (χ3n) is 7.61. The second-order valence-corrected chi connectivity index (χ2v) is 10.0. The molecule has 0 aromatic carbocycles. The van der Waals surface area contributed by atoms with Gasteiger partial charge < -0.3 is 20.5 Å². The Morgan fingerprint density at radius 1 is 1.00 bits per heavy atom. The molecule has 1 aliphatic heterocycles. The number of carbonyl (C=O) groups is 1. The highest BCUT2D eigenvalue weighted by Gasteiger charge is 2.34. The number of aromatic amines is 1. The Bertz CT molecular complexity index is 1240. The van der Waals surface area contributed by atoms with E-state index in [4.69, 9.17) is 9.97 Å². The molecule has 1 saturated carbocycles. The van der Waals surface area contributed by atoms with Crippen LogP contribution in [0, 0.1) is 5.95 Å². The number of fused-ring (bicyclic) bond motifs is 1. The van der Waals surface area contributed by atoms with Gasteiger partial charge in [-0.3, -0.25) is 4.79 Å². The summed E-state index contributed by atoms with van der Waals surface area (Å²) >= 11 is 0. The van der Waals surface area contributed by atoms with Crippen molar-refractivity contribution in [1.82, 2.24) is 24.9 Å². The van der Waals surface area contributed by atoms with Gasteiger partial charge in [0.25, 0.3) is 0 Å². The van der Waals surface area contributed by atoms with Crippen molar-refractivity contribution in [2.75, 3.05) is 22.1 Å². The normalized spacial score (nSPS) is 19.9. The lowest BCUT2D eigenvalue weighted by Gasteiger charge is -2.25. The Morgan fingerprint density at radius 2 is 1.89 bits per heavy atom. The monoisotopic (exact) mass is 490 g/mol. The number of hydrogen-bond acceptors (Lipinski definition) is 7. The molecule has 2 aliphatic carbocycles. The highest BCUT2D eigenvalue weighted by atomic mass is 19.1. The summed E-state index contributed by atoms with van der Waals surface area (Å²) in [5.74, 6) is 1.84. The van der Waals surface area contributed by atoms with Gasteiger partial charge in [0.15, 0.2) is 0 Å². The smallest absolute Gasteiger partial charge is 0.247 e. The fourth-order valence-electron chi connectivity index (χ4n) is 5.74. The number of pyridine rings is 1. The van der Waals surface area contributed by atoms with E-state index >= 15 is 0 Å². The molecule has 1 atom stereocenters. The number of halogens is 1. The lowest BCUT2D eigenvalue weighted by Crippen LogP contribution is -2.40. The zero-order valence-electron chi connectivity index (χ0n) is 20.3. The van der Waals surface area contributed by atoms with Gasteiger partial charge >= 0.3 is 0 Å². The molecular weight excluding hydrogens is 459 g/mol. The maximum absolute atomic E-state index is 13.1. The van der Waals surface area contributed by atoms with Crippen molar-refractivity contribution in [2.45, 2.75) is 76.2 Å². The summed E-state index contributed by atoms with van der Waals surface area (Å²) in [7, 11) is 0. The summed E-state index contributed by atoms with van der Waals surface area (Å²) in [4.78, 5) is 36.5. The first-order chi connectivity index (χ1) is 17.6. The number of aryl methyl sites for hydroxylation is 1. The van der Waals surface area contributed by atoms with Gasteiger partial charge in [-0.25, -0.2) is 15.0 Å². The highest BCUT2D eigenvalue weighted by molar-refractivity contribution is 5.96. The standard InChI is InChI=1S/C26H31FN8O/c27-22-12-11-17(14-28-22)30-24(36)21-10-5-13-35(21)26-32-19-9-4-8-18(19)23(34-26)33-25-29-15-20(31-25)16-6-2-1-3-7-16/h11-12,14-16,21H,1-10,13H2,(H,30,36)(H2,29,31,32,33,34)/t21-/m1/s1. The van der Waals surface area contributed by atoms with Crippen LogP contribution in [0.15, 0.2) is 24.5 Å². The molecule has 188 valence electrons. The van der Waals surface area contributed by atoms with Gasteiger partial charge in [-0.05, 0) is 57.1 Å². The van der Waals surface area contributed by atoms with Crippen molar-refractivity contribution >= 4 is 29.3 Å². The number of amides is 1. The highest BCUT2D eigenvalue weighted by Crippen LogP contribution is 2.34. The topological polar surface area (TPSA) is 112 Å². The van der Waals surface area contributed by atoms with Crippen LogP contribution in [0.1, 0.15) is 74.2 Å². The van der Waals surface area contributed by atoms with E-state index in [0.29, 0.717) is 36.5 Å². The molecule has 1 amide bonds. The second kappa shape index (κ2) is 9.83. The predicted octanol–water partition coefficient (Wildman–Crippen LogP) is 4.62. The number of rotatable bonds is 6. The van der Waals surface area contributed by atoms with Crippen LogP contribution in [0.5, 0.6) is 0 Å². The third-order valence-corrected chi connectivity index (χ3v) is 7.61. The van der Waals surface area contributed by atoms with Crippen LogP contribution in [0.25, 0.3) is 0 Å². The fourth-order valence-corrected chi connectivity index (χ4v) is 5.74. The van der Waals surface area contributed by atoms with Crippen LogP contribution in [0.2, 0.25) is 0 Å². The van der Waals surface area contributed by atoms with Crippen LogP contribution >= 0.6 is 0 Å². The minimum absolute atomic E-state index is 0.164. The Hall–Kier alpha value is -3.56. The van der Waals surface area contributed by atoms with Crippen LogP contribution < -0.4 is 15.5 Å². The predicted molar refractivity (Wildman–Crippen MR) is 135 cm³/mol. The number of hydrogen-bond donors (Lipinski definition) is 3. The minimum Gasteiger partial charge on any atom is -0.329 e. The van der Waals surface area contributed by atoms with Crippen molar-refractivity contribution in [3.63, 3.8) is 0 Å². The molecule has 6 rings (SSSR count). The lowest BCUT2D eigenvalue weighted by atomic mass is 9.87. The minimum atomic E-state index is -0.579. The molecule has 9 nitrogen and oxygen atoms in total. The molecule has 0 bridgehead atoms. The Labute approximate surface area is 209 Å². The number of nitrogens with zero attached hydrogens (tertiary/aromatic N) is 5. The summed E-state index contributed by atoms with van der Waals surface area (Å²) in [6.07, 6.45) is 14.0. The van der Waals surface area contributed by atoms with E-state index in [2.05, 4.69) is 25.6 Å². The van der Waals surface area contributed by atoms with E-state index in [1.807, 2.05) is 11.1 Å². The molecule has 0 radical (unpaired) electrons. The molecule has 2 fully saturated rings. The van der Waals surface area contributed by atoms with Crippen molar-refractivity contribution in [1.29, 1.82) is 0 Å². The van der Waals surface area contributed by atoms with Gasteiger partial charge in [0.1, 0.15) is 11.9 Å². The molecular formula is C26H31FN8O. The number of aromatic nitrogens is 5. The average Bonchev–Trinajstić information content (AvgIpc) is 3.66. The van der Waals surface area contributed by atoms with E-state index in [0.717, 1.165) is 42.8 Å². The molecule has 3 aliphatic rings. The van der Waals surface area contributed by atoms with Gasteiger partial charge in [-0.1, -0.05) is 19.3 Å². The Morgan fingerprint density at radius 3 is 2.72 bits per heavy atom. The van der Waals surface area contributed by atoms with Gasteiger partial charge in [-0.15, -0.1) is 0 Å². The first kappa shape index (κ1) is 22.9. The summed E-state index contributed by atoms with van der Waals surface area (Å²) < 4.78 is 13.1. The fraction of sp³-hybridized carbons (Fsp3) is 0.500. The summed E-state index contributed by atoms with van der Waals surface area (Å²) in [6, 6.07) is 2.35. The van der Waals surface area contributed by atoms with Gasteiger partial charge in [0.05, 0.1) is 23.8 Å². The van der Waals surface area contributed by atoms with E-state index < -0.39 is 12.0 Å². The zero-order valence-corrected chi connectivity index (χ0v) is 20.3. The van der Waals surface area contributed by atoms with E-state index in [-0.39, 0.29) is 5.91 Å². The largest absolute Gasteiger partial charge is 0.329 e.